The molecule has 0 heterocycles. The average molecular weight is 240 g/mol. The van der Waals surface area contributed by atoms with E-state index >= 15 is 0 Å². The van der Waals surface area contributed by atoms with Gasteiger partial charge in [-0.25, -0.2) is 0 Å². The van der Waals surface area contributed by atoms with Crippen molar-refractivity contribution in [2.75, 3.05) is 0 Å². The first-order chi connectivity index (χ1) is 7.83. The summed E-state index contributed by atoms with van der Waals surface area (Å²) in [4.78, 5) is 0. The van der Waals surface area contributed by atoms with Crippen LogP contribution in [0.3, 0.4) is 0 Å². The van der Waals surface area contributed by atoms with Gasteiger partial charge in [0.1, 0.15) is 0 Å². The largest absolute Gasteiger partial charge is 0.393 e. The zero-order valence-corrected chi connectivity index (χ0v) is 12.5. The third-order valence-electron chi connectivity index (χ3n) is 4.73. The number of aliphatic hydroxyl groups is 1. The van der Waals surface area contributed by atoms with Crippen LogP contribution in [0.5, 0.6) is 0 Å². The molecule has 1 N–H and O–H groups in total. The van der Waals surface area contributed by atoms with Crippen molar-refractivity contribution in [2.45, 2.75) is 79.2 Å². The molecule has 3 atom stereocenters. The highest BCUT2D eigenvalue weighted by molar-refractivity contribution is 4.86. The maximum Gasteiger partial charge on any atom is 0.0542 e. The van der Waals surface area contributed by atoms with E-state index in [1.54, 1.807) is 0 Å². The van der Waals surface area contributed by atoms with Gasteiger partial charge in [-0.1, -0.05) is 47.5 Å². The molecule has 17 heavy (non-hydrogen) atoms. The van der Waals surface area contributed by atoms with E-state index in [2.05, 4.69) is 34.6 Å². The van der Waals surface area contributed by atoms with Crippen LogP contribution >= 0.6 is 0 Å². The maximum absolute atomic E-state index is 10.0. The Kier molecular flexibility index (Phi) is 5.50. The molecule has 2 unspecified atom stereocenters. The van der Waals surface area contributed by atoms with Gasteiger partial charge in [0.05, 0.1) is 6.10 Å². The number of aliphatic hydroxyl groups excluding tert-OH is 1. The minimum atomic E-state index is -0.0834. The summed E-state index contributed by atoms with van der Waals surface area (Å²) in [6.07, 6.45) is 7.22. The Morgan fingerprint density at radius 1 is 1.29 bits per heavy atom. The molecule has 0 aromatic heterocycles. The molecule has 1 fully saturated rings. The van der Waals surface area contributed by atoms with Crippen LogP contribution in [0.1, 0.15) is 73.1 Å². The zero-order valence-electron chi connectivity index (χ0n) is 12.5. The molecule has 1 aliphatic carbocycles. The molecule has 1 aliphatic rings. The van der Waals surface area contributed by atoms with E-state index in [1.165, 1.54) is 25.7 Å². The van der Waals surface area contributed by atoms with Crippen molar-refractivity contribution in [1.29, 1.82) is 0 Å². The first-order valence-electron chi connectivity index (χ1n) is 7.51. The topological polar surface area (TPSA) is 20.2 Å². The smallest absolute Gasteiger partial charge is 0.0542 e. The van der Waals surface area contributed by atoms with Crippen molar-refractivity contribution >= 4 is 0 Å². The highest BCUT2D eigenvalue weighted by Gasteiger charge is 2.36. The molecule has 0 spiro atoms. The Morgan fingerprint density at radius 3 is 2.47 bits per heavy atom. The van der Waals surface area contributed by atoms with Crippen molar-refractivity contribution in [1.82, 2.24) is 0 Å². The summed E-state index contributed by atoms with van der Waals surface area (Å²) in [7, 11) is 0. The Hall–Kier alpha value is -0.0400. The average Bonchev–Trinajstić information content (AvgIpc) is 2.14. The monoisotopic (exact) mass is 240 g/mol. The van der Waals surface area contributed by atoms with Crippen LogP contribution in [0.25, 0.3) is 0 Å². The van der Waals surface area contributed by atoms with E-state index in [-0.39, 0.29) is 6.10 Å². The molecule has 1 rings (SSSR count). The molecule has 1 nitrogen and oxygen atoms in total. The maximum atomic E-state index is 10.0. The fourth-order valence-electron chi connectivity index (χ4n) is 3.75. The summed E-state index contributed by atoms with van der Waals surface area (Å²) in [6.45, 7) is 11.6. The van der Waals surface area contributed by atoms with Gasteiger partial charge in [-0.3, -0.25) is 0 Å². The second-order valence-corrected chi connectivity index (χ2v) is 7.33. The van der Waals surface area contributed by atoms with Gasteiger partial charge in [-0.2, -0.15) is 0 Å². The van der Waals surface area contributed by atoms with E-state index in [0.717, 1.165) is 24.7 Å². The van der Waals surface area contributed by atoms with Gasteiger partial charge < -0.3 is 5.11 Å². The lowest BCUT2D eigenvalue weighted by Crippen LogP contribution is -2.34. The summed E-state index contributed by atoms with van der Waals surface area (Å²) in [6, 6.07) is 0. The van der Waals surface area contributed by atoms with Crippen LogP contribution < -0.4 is 0 Å². The lowest BCUT2D eigenvalue weighted by Gasteiger charge is -2.43. The third-order valence-corrected chi connectivity index (χ3v) is 4.73. The molecular formula is C16H32O. The first-order valence-corrected chi connectivity index (χ1v) is 7.51. The van der Waals surface area contributed by atoms with Gasteiger partial charge in [0, 0.05) is 0 Å². The molecule has 0 saturated heterocycles. The molecule has 1 heteroatoms. The lowest BCUT2D eigenvalue weighted by atomic mass is 9.62. The van der Waals surface area contributed by atoms with Crippen molar-refractivity contribution in [3.8, 4) is 0 Å². The second kappa shape index (κ2) is 6.22. The number of hydrogen-bond donors (Lipinski definition) is 1. The SMILES string of the molecule is CC(C)C[C@@H](O)CCC1C(C)CCCC1(C)C. The van der Waals surface area contributed by atoms with Crippen molar-refractivity contribution in [3.63, 3.8) is 0 Å². The predicted octanol–water partition coefficient (Wildman–Crippen LogP) is 4.64. The van der Waals surface area contributed by atoms with Crippen molar-refractivity contribution < 1.29 is 5.11 Å². The summed E-state index contributed by atoms with van der Waals surface area (Å²) >= 11 is 0. The highest BCUT2D eigenvalue weighted by Crippen LogP contribution is 2.46. The lowest BCUT2D eigenvalue weighted by molar-refractivity contribution is 0.0536. The van der Waals surface area contributed by atoms with Crippen LogP contribution in [0.4, 0.5) is 0 Å². The first kappa shape index (κ1) is 15.0. The van der Waals surface area contributed by atoms with Crippen LogP contribution in [-0.4, -0.2) is 11.2 Å². The highest BCUT2D eigenvalue weighted by atomic mass is 16.3. The molecule has 0 aliphatic heterocycles. The van der Waals surface area contributed by atoms with E-state index in [4.69, 9.17) is 0 Å². The fraction of sp³-hybridized carbons (Fsp3) is 1.00. The summed E-state index contributed by atoms with van der Waals surface area (Å²) in [5.74, 6) is 2.25. The molecular weight excluding hydrogens is 208 g/mol. The quantitative estimate of drug-likeness (QED) is 0.742. The molecule has 0 bridgehead atoms. The molecule has 0 aromatic rings. The minimum absolute atomic E-state index is 0.0834. The Balaban J connectivity index is 2.43. The molecule has 0 radical (unpaired) electrons. The van der Waals surface area contributed by atoms with Gasteiger partial charge in [-0.15, -0.1) is 0 Å². The molecule has 1 saturated carbocycles. The van der Waals surface area contributed by atoms with Crippen LogP contribution in [0.15, 0.2) is 0 Å². The number of rotatable bonds is 5. The van der Waals surface area contributed by atoms with Crippen molar-refractivity contribution in [2.24, 2.45) is 23.2 Å². The normalized spacial score (nSPS) is 30.5. The minimum Gasteiger partial charge on any atom is -0.393 e. The standard InChI is InChI=1S/C16H32O/c1-12(2)11-14(17)8-9-15-13(3)7-6-10-16(15,4)5/h12-15,17H,6-11H2,1-5H3/t13?,14-,15?/m0/s1. The van der Waals surface area contributed by atoms with Gasteiger partial charge >= 0.3 is 0 Å². The molecule has 0 amide bonds. The van der Waals surface area contributed by atoms with Crippen LogP contribution in [0, 0.1) is 23.2 Å². The second-order valence-electron chi connectivity index (χ2n) is 7.33. The zero-order chi connectivity index (χ0) is 13.1. The Bertz CT molecular complexity index is 220. The summed E-state index contributed by atoms with van der Waals surface area (Å²) in [5.41, 5.74) is 0.481. The Morgan fingerprint density at radius 2 is 1.94 bits per heavy atom. The van der Waals surface area contributed by atoms with E-state index in [1.807, 2.05) is 0 Å². The number of hydrogen-bond acceptors (Lipinski definition) is 1. The van der Waals surface area contributed by atoms with Crippen LogP contribution in [0.2, 0.25) is 0 Å². The van der Waals surface area contributed by atoms with Gasteiger partial charge in [0.2, 0.25) is 0 Å². The summed E-state index contributed by atoms with van der Waals surface area (Å²) < 4.78 is 0. The molecule has 102 valence electrons. The van der Waals surface area contributed by atoms with Gasteiger partial charge in [-0.05, 0) is 48.9 Å². The molecule has 0 aromatic carbocycles. The van der Waals surface area contributed by atoms with Crippen molar-refractivity contribution in [3.05, 3.63) is 0 Å². The van der Waals surface area contributed by atoms with E-state index < -0.39 is 0 Å². The third kappa shape index (κ3) is 4.62. The van der Waals surface area contributed by atoms with E-state index in [0.29, 0.717) is 11.3 Å². The Labute approximate surface area is 108 Å². The van der Waals surface area contributed by atoms with Gasteiger partial charge in [0.15, 0.2) is 0 Å². The summed E-state index contributed by atoms with van der Waals surface area (Å²) in [5, 5.41) is 10.0. The van der Waals surface area contributed by atoms with Crippen LogP contribution in [-0.2, 0) is 0 Å². The van der Waals surface area contributed by atoms with E-state index in [9.17, 15) is 5.11 Å². The van der Waals surface area contributed by atoms with Gasteiger partial charge in [0.25, 0.3) is 0 Å². The fourth-order valence-corrected chi connectivity index (χ4v) is 3.75. The predicted molar refractivity (Wildman–Crippen MR) is 75.0 cm³/mol.